The molecule has 0 saturated carbocycles. The van der Waals surface area contributed by atoms with Crippen molar-refractivity contribution < 1.29 is 4.79 Å². The normalized spacial score (nSPS) is 13.3. The molecule has 3 aromatic rings. The molecule has 1 aliphatic rings. The minimum atomic E-state index is -0.0208. The van der Waals surface area contributed by atoms with E-state index in [9.17, 15) is 4.79 Å². The van der Waals surface area contributed by atoms with Crippen molar-refractivity contribution in [2.45, 2.75) is 13.5 Å². The van der Waals surface area contributed by atoms with E-state index in [1.165, 1.54) is 5.39 Å². The maximum Gasteiger partial charge on any atom is 0.251 e. The van der Waals surface area contributed by atoms with Crippen LogP contribution in [-0.4, -0.2) is 35.3 Å². The Kier molecular flexibility index (Phi) is 3.69. The summed E-state index contributed by atoms with van der Waals surface area (Å²) in [4.78, 5) is 14.5. The summed E-state index contributed by atoms with van der Waals surface area (Å²) in [7, 11) is 0. The summed E-state index contributed by atoms with van der Waals surface area (Å²) in [6.07, 6.45) is 0. The van der Waals surface area contributed by atoms with E-state index in [4.69, 9.17) is 0 Å². The van der Waals surface area contributed by atoms with Crippen molar-refractivity contribution >= 4 is 22.6 Å². The van der Waals surface area contributed by atoms with Crippen LogP contribution in [0.2, 0.25) is 0 Å². The highest BCUT2D eigenvalue weighted by Crippen LogP contribution is 2.30. The van der Waals surface area contributed by atoms with Gasteiger partial charge in [-0.2, -0.15) is 5.10 Å². The maximum absolute atomic E-state index is 12.2. The van der Waals surface area contributed by atoms with Gasteiger partial charge in [0, 0.05) is 30.6 Å². The highest BCUT2D eigenvalue weighted by molar-refractivity contribution is 5.94. The predicted octanol–water partition coefficient (Wildman–Crippen LogP) is 2.59. The number of hydrogen-bond donors (Lipinski definition) is 1. The second-order valence-corrected chi connectivity index (χ2v) is 6.17. The van der Waals surface area contributed by atoms with E-state index in [0.29, 0.717) is 12.1 Å². The second-order valence-electron chi connectivity index (χ2n) is 6.17. The number of anilines is 1. The fourth-order valence-corrected chi connectivity index (χ4v) is 3.21. The van der Waals surface area contributed by atoms with Crippen LogP contribution in [0.25, 0.3) is 10.9 Å². The molecule has 1 aromatic heterocycles. The zero-order valence-electron chi connectivity index (χ0n) is 13.7. The van der Waals surface area contributed by atoms with E-state index in [1.807, 2.05) is 49.4 Å². The van der Waals surface area contributed by atoms with Gasteiger partial charge in [0.2, 0.25) is 0 Å². The van der Waals surface area contributed by atoms with Crippen molar-refractivity contribution in [1.29, 1.82) is 0 Å². The molecular weight excluding hydrogens is 300 g/mol. The molecule has 24 heavy (non-hydrogen) atoms. The summed E-state index contributed by atoms with van der Waals surface area (Å²) in [6.45, 7) is 5.26. The molecule has 1 amide bonds. The van der Waals surface area contributed by atoms with Crippen LogP contribution in [0.4, 0.5) is 5.82 Å². The zero-order chi connectivity index (χ0) is 16.5. The molecule has 5 heteroatoms. The van der Waals surface area contributed by atoms with Gasteiger partial charge in [-0.05, 0) is 31.2 Å². The van der Waals surface area contributed by atoms with Gasteiger partial charge < -0.3 is 10.2 Å². The highest BCUT2D eigenvalue weighted by atomic mass is 16.1. The fourth-order valence-electron chi connectivity index (χ4n) is 3.21. The number of amides is 1. The Morgan fingerprint density at radius 1 is 1.12 bits per heavy atom. The Morgan fingerprint density at radius 2 is 1.92 bits per heavy atom. The molecule has 0 aliphatic carbocycles. The minimum Gasteiger partial charge on any atom is -0.353 e. The van der Waals surface area contributed by atoms with Gasteiger partial charge in [0.25, 0.3) is 5.91 Å². The molecule has 0 spiro atoms. The molecule has 1 aliphatic heterocycles. The largest absolute Gasteiger partial charge is 0.353 e. The Labute approximate surface area is 140 Å². The van der Waals surface area contributed by atoms with Crippen molar-refractivity contribution in [3.8, 4) is 0 Å². The Balaban J connectivity index is 1.41. The van der Waals surface area contributed by atoms with Gasteiger partial charge in [-0.3, -0.25) is 4.79 Å². The predicted molar refractivity (Wildman–Crippen MR) is 95.5 cm³/mol. The number of fused-ring (bicyclic) bond motifs is 3. The molecule has 0 saturated heterocycles. The van der Waals surface area contributed by atoms with Crippen molar-refractivity contribution in [2.75, 3.05) is 24.5 Å². The van der Waals surface area contributed by atoms with Gasteiger partial charge in [0.1, 0.15) is 5.82 Å². The van der Waals surface area contributed by atoms with Gasteiger partial charge in [-0.25, -0.2) is 4.68 Å². The first kappa shape index (κ1) is 14.8. The van der Waals surface area contributed by atoms with Crippen LogP contribution in [-0.2, 0) is 6.54 Å². The summed E-state index contributed by atoms with van der Waals surface area (Å²) < 4.78 is 2.06. The molecule has 0 radical (unpaired) electrons. The number of hydrogen-bond acceptors (Lipinski definition) is 3. The second kappa shape index (κ2) is 6.00. The molecule has 0 bridgehead atoms. The molecule has 2 aromatic carbocycles. The molecule has 2 heterocycles. The van der Waals surface area contributed by atoms with Crippen molar-refractivity contribution in [3.05, 3.63) is 59.7 Å². The van der Waals surface area contributed by atoms with Crippen LogP contribution in [0.3, 0.4) is 0 Å². The van der Waals surface area contributed by atoms with Crippen LogP contribution in [0.15, 0.2) is 48.5 Å². The van der Waals surface area contributed by atoms with E-state index in [0.717, 1.165) is 36.5 Å². The molecule has 5 nitrogen and oxygen atoms in total. The summed E-state index contributed by atoms with van der Waals surface area (Å²) in [5, 5.41) is 8.82. The summed E-state index contributed by atoms with van der Waals surface area (Å²) in [5.74, 6) is 1.14. The first-order valence-electron chi connectivity index (χ1n) is 8.28. The number of benzene rings is 2. The zero-order valence-corrected chi connectivity index (χ0v) is 13.7. The Hall–Kier alpha value is -2.82. The van der Waals surface area contributed by atoms with E-state index in [2.05, 4.69) is 26.1 Å². The maximum atomic E-state index is 12.2. The lowest BCUT2D eigenvalue weighted by molar-refractivity contribution is 0.0954. The first-order chi connectivity index (χ1) is 11.7. The van der Waals surface area contributed by atoms with Gasteiger partial charge in [0.05, 0.1) is 12.1 Å². The Morgan fingerprint density at radius 3 is 2.75 bits per heavy atom. The lowest BCUT2D eigenvalue weighted by Gasteiger charge is -2.18. The number of aromatic nitrogens is 2. The summed E-state index contributed by atoms with van der Waals surface area (Å²) in [5.41, 5.74) is 2.89. The average Bonchev–Trinajstić information content (AvgIpc) is 3.15. The topological polar surface area (TPSA) is 50.2 Å². The smallest absolute Gasteiger partial charge is 0.251 e. The monoisotopic (exact) mass is 320 g/mol. The third-order valence-corrected chi connectivity index (χ3v) is 4.48. The van der Waals surface area contributed by atoms with Crippen molar-refractivity contribution in [1.82, 2.24) is 15.1 Å². The summed E-state index contributed by atoms with van der Waals surface area (Å²) >= 11 is 0. The third kappa shape index (κ3) is 2.62. The highest BCUT2D eigenvalue weighted by Gasteiger charge is 2.23. The van der Waals surface area contributed by atoms with E-state index >= 15 is 0 Å². The number of nitrogens with one attached hydrogen (secondary N) is 1. The fraction of sp³-hybridized carbons (Fsp3) is 0.263. The van der Waals surface area contributed by atoms with Crippen LogP contribution in [0.5, 0.6) is 0 Å². The molecular formula is C19H20N4O. The van der Waals surface area contributed by atoms with Gasteiger partial charge >= 0.3 is 0 Å². The lowest BCUT2D eigenvalue weighted by Crippen LogP contribution is -2.34. The minimum absolute atomic E-state index is 0.0208. The molecule has 1 N–H and O–H groups in total. The summed E-state index contributed by atoms with van der Waals surface area (Å²) in [6, 6.07) is 15.8. The Bertz CT molecular complexity index is 882. The van der Waals surface area contributed by atoms with Gasteiger partial charge in [0.15, 0.2) is 0 Å². The van der Waals surface area contributed by atoms with Crippen LogP contribution >= 0.6 is 0 Å². The van der Waals surface area contributed by atoms with Crippen LogP contribution in [0.1, 0.15) is 15.9 Å². The van der Waals surface area contributed by atoms with Crippen LogP contribution < -0.4 is 10.2 Å². The number of rotatable bonds is 4. The molecule has 0 atom stereocenters. The lowest BCUT2D eigenvalue weighted by atomic mass is 10.1. The van der Waals surface area contributed by atoms with E-state index < -0.39 is 0 Å². The van der Waals surface area contributed by atoms with E-state index in [-0.39, 0.29) is 5.91 Å². The van der Waals surface area contributed by atoms with Gasteiger partial charge in [-0.15, -0.1) is 0 Å². The average molecular weight is 320 g/mol. The number of carbonyl (C=O) groups is 1. The van der Waals surface area contributed by atoms with Crippen LogP contribution in [0, 0.1) is 6.92 Å². The van der Waals surface area contributed by atoms with Crippen molar-refractivity contribution in [2.24, 2.45) is 0 Å². The number of aryl methyl sites for hydroxylation is 1. The molecule has 0 unspecified atom stereocenters. The first-order valence-corrected chi connectivity index (χ1v) is 8.28. The molecule has 4 rings (SSSR count). The SMILES string of the molecule is Cc1ccc(C(=O)NCCN2CCn3nc4ccccc4c32)cc1. The molecule has 122 valence electrons. The quantitative estimate of drug-likeness (QED) is 0.804. The standard InChI is InChI=1S/C19H20N4O/c1-14-6-8-15(9-7-14)18(24)20-10-11-22-12-13-23-19(22)16-4-2-3-5-17(16)21-23/h2-9H,10-13H2,1H3,(H,20,24). The number of nitrogens with zero attached hydrogens (tertiary/aromatic N) is 3. The van der Waals surface area contributed by atoms with Crippen molar-refractivity contribution in [3.63, 3.8) is 0 Å². The molecule has 0 fully saturated rings. The number of carbonyl (C=O) groups excluding carboxylic acids is 1. The third-order valence-electron chi connectivity index (χ3n) is 4.48. The van der Waals surface area contributed by atoms with Gasteiger partial charge in [-0.1, -0.05) is 29.8 Å². The van der Waals surface area contributed by atoms with E-state index in [1.54, 1.807) is 0 Å².